The van der Waals surface area contributed by atoms with Gasteiger partial charge in [0.2, 0.25) is 0 Å². The van der Waals surface area contributed by atoms with Crippen molar-refractivity contribution in [1.29, 1.82) is 0 Å². The van der Waals surface area contributed by atoms with Crippen LogP contribution in [0.5, 0.6) is 0 Å². The molecule has 1 aromatic rings. The van der Waals surface area contributed by atoms with Gasteiger partial charge in [0.05, 0.1) is 5.88 Å². The van der Waals surface area contributed by atoms with Crippen molar-refractivity contribution in [2.45, 2.75) is 6.92 Å². The first-order valence-corrected chi connectivity index (χ1v) is 6.02. The zero-order valence-electron chi connectivity index (χ0n) is 6.90. The molecule has 1 aromatic carbocycles. The summed E-state index contributed by atoms with van der Waals surface area (Å²) in [4.78, 5) is 11.3. The monoisotopic (exact) mass is 372 g/mol. The molecule has 0 N–H and O–H groups in total. The van der Waals surface area contributed by atoms with Crippen molar-refractivity contribution in [3.05, 3.63) is 31.3 Å². The van der Waals surface area contributed by atoms with Crippen molar-refractivity contribution >= 4 is 55.9 Å². The van der Waals surface area contributed by atoms with Crippen LogP contribution in [0.4, 0.5) is 0 Å². The molecule has 0 bridgehead atoms. The second-order valence-corrected chi connectivity index (χ2v) is 4.75. The van der Waals surface area contributed by atoms with Crippen molar-refractivity contribution in [3.63, 3.8) is 0 Å². The van der Waals surface area contributed by atoms with Crippen LogP contribution in [-0.2, 0) is 0 Å². The standard InChI is InChI=1S/C9H7BrClIO/c1-5-2-3-6(7(13)4-11)8(10)9(5)12/h2-3H,4H2,1H3. The summed E-state index contributed by atoms with van der Waals surface area (Å²) in [6, 6.07) is 3.72. The van der Waals surface area contributed by atoms with Gasteiger partial charge in [0.15, 0.2) is 5.78 Å². The van der Waals surface area contributed by atoms with E-state index in [0.29, 0.717) is 5.56 Å². The Morgan fingerprint density at radius 2 is 2.23 bits per heavy atom. The fraction of sp³-hybridized carbons (Fsp3) is 0.222. The van der Waals surface area contributed by atoms with E-state index in [-0.39, 0.29) is 11.7 Å². The Hall–Kier alpha value is 0.390. The molecular formula is C9H7BrClIO. The molecule has 13 heavy (non-hydrogen) atoms. The Labute approximate surface area is 104 Å². The van der Waals surface area contributed by atoms with Crippen LogP contribution >= 0.6 is 50.1 Å². The first-order valence-electron chi connectivity index (χ1n) is 3.61. The fourth-order valence-electron chi connectivity index (χ4n) is 0.933. The molecule has 1 rings (SSSR count). The van der Waals surface area contributed by atoms with E-state index in [1.54, 1.807) is 6.07 Å². The predicted molar refractivity (Wildman–Crippen MR) is 66.6 cm³/mol. The molecule has 0 saturated carbocycles. The highest BCUT2D eigenvalue weighted by Crippen LogP contribution is 2.26. The van der Waals surface area contributed by atoms with Gasteiger partial charge in [-0.2, -0.15) is 0 Å². The Kier molecular flexibility index (Phi) is 4.19. The summed E-state index contributed by atoms with van der Waals surface area (Å²) in [7, 11) is 0. The number of alkyl halides is 1. The van der Waals surface area contributed by atoms with Crippen molar-refractivity contribution in [3.8, 4) is 0 Å². The molecule has 0 heterocycles. The minimum Gasteiger partial charge on any atom is -0.293 e. The average Bonchev–Trinajstić information content (AvgIpc) is 2.13. The molecule has 0 amide bonds. The molecule has 70 valence electrons. The van der Waals surface area contributed by atoms with E-state index < -0.39 is 0 Å². The SMILES string of the molecule is Cc1ccc(C(=O)CCl)c(Br)c1I. The lowest BCUT2D eigenvalue weighted by Crippen LogP contribution is -2.03. The molecule has 0 aromatic heterocycles. The zero-order valence-corrected chi connectivity index (χ0v) is 11.4. The van der Waals surface area contributed by atoms with Crippen molar-refractivity contribution in [2.75, 3.05) is 5.88 Å². The van der Waals surface area contributed by atoms with Gasteiger partial charge < -0.3 is 0 Å². The smallest absolute Gasteiger partial charge is 0.178 e. The largest absolute Gasteiger partial charge is 0.293 e. The van der Waals surface area contributed by atoms with E-state index in [1.165, 1.54) is 0 Å². The van der Waals surface area contributed by atoms with Gasteiger partial charge in [0, 0.05) is 13.6 Å². The van der Waals surface area contributed by atoms with Gasteiger partial charge in [-0.05, 0) is 57.1 Å². The van der Waals surface area contributed by atoms with Crippen LogP contribution in [0.1, 0.15) is 15.9 Å². The molecule has 0 unspecified atom stereocenters. The summed E-state index contributed by atoms with van der Waals surface area (Å²) < 4.78 is 1.91. The van der Waals surface area contributed by atoms with Crippen LogP contribution in [0.15, 0.2) is 16.6 Å². The molecule has 0 aliphatic rings. The van der Waals surface area contributed by atoms with E-state index in [4.69, 9.17) is 11.6 Å². The minimum atomic E-state index is -0.0496. The molecule has 0 radical (unpaired) electrons. The summed E-state index contributed by atoms with van der Waals surface area (Å²) in [5, 5.41) is 0. The van der Waals surface area contributed by atoms with Gasteiger partial charge in [0.1, 0.15) is 0 Å². The normalized spacial score (nSPS) is 10.2. The molecular weight excluding hydrogens is 366 g/mol. The molecule has 0 aliphatic carbocycles. The predicted octanol–water partition coefficient (Wildman–Crippen LogP) is 3.78. The van der Waals surface area contributed by atoms with Gasteiger partial charge in [-0.3, -0.25) is 4.79 Å². The lowest BCUT2D eigenvalue weighted by Gasteiger charge is -2.05. The summed E-state index contributed by atoms with van der Waals surface area (Å²) >= 11 is 11.1. The Bertz CT molecular complexity index is 352. The Morgan fingerprint density at radius 1 is 1.62 bits per heavy atom. The highest BCUT2D eigenvalue weighted by atomic mass is 127. The van der Waals surface area contributed by atoms with Crippen LogP contribution in [-0.4, -0.2) is 11.7 Å². The number of Topliss-reactive ketones (excluding diaryl/α,β-unsaturated/α-hetero) is 1. The van der Waals surface area contributed by atoms with E-state index in [2.05, 4.69) is 38.5 Å². The summed E-state index contributed by atoms with van der Waals surface area (Å²) in [5.74, 6) is -0.0240. The average molecular weight is 373 g/mol. The summed E-state index contributed by atoms with van der Waals surface area (Å²) in [6.45, 7) is 2.00. The summed E-state index contributed by atoms with van der Waals surface area (Å²) in [5.41, 5.74) is 1.81. The number of carbonyl (C=O) groups excluding carboxylic acids is 1. The van der Waals surface area contributed by atoms with Gasteiger partial charge in [-0.25, -0.2) is 0 Å². The zero-order chi connectivity index (χ0) is 10.0. The van der Waals surface area contributed by atoms with Gasteiger partial charge in [-0.15, -0.1) is 11.6 Å². The van der Waals surface area contributed by atoms with Gasteiger partial charge in [0.25, 0.3) is 0 Å². The Balaban J connectivity index is 3.26. The molecule has 1 nitrogen and oxygen atoms in total. The lowest BCUT2D eigenvalue weighted by atomic mass is 10.1. The number of halogens is 3. The highest BCUT2D eigenvalue weighted by molar-refractivity contribution is 14.1. The third-order valence-corrected chi connectivity index (χ3v) is 4.89. The number of benzene rings is 1. The second-order valence-electron chi connectivity index (χ2n) is 2.61. The van der Waals surface area contributed by atoms with Crippen molar-refractivity contribution in [2.24, 2.45) is 0 Å². The molecule has 0 saturated heterocycles. The number of carbonyl (C=O) groups is 1. The first-order chi connectivity index (χ1) is 6.07. The van der Waals surface area contributed by atoms with Gasteiger partial charge in [-0.1, -0.05) is 6.07 Å². The molecule has 4 heteroatoms. The number of rotatable bonds is 2. The maximum absolute atomic E-state index is 11.3. The maximum atomic E-state index is 11.3. The number of hydrogen-bond donors (Lipinski definition) is 0. The van der Waals surface area contributed by atoms with E-state index in [1.807, 2.05) is 13.0 Å². The molecule has 0 spiro atoms. The van der Waals surface area contributed by atoms with Crippen LogP contribution in [0, 0.1) is 10.5 Å². The van der Waals surface area contributed by atoms with E-state index >= 15 is 0 Å². The van der Waals surface area contributed by atoms with Crippen LogP contribution in [0.25, 0.3) is 0 Å². The van der Waals surface area contributed by atoms with Gasteiger partial charge >= 0.3 is 0 Å². The number of ketones is 1. The number of hydrogen-bond acceptors (Lipinski definition) is 1. The molecule has 0 fully saturated rings. The molecule has 0 atom stereocenters. The van der Waals surface area contributed by atoms with Crippen LogP contribution < -0.4 is 0 Å². The van der Waals surface area contributed by atoms with Crippen molar-refractivity contribution < 1.29 is 4.79 Å². The first kappa shape index (κ1) is 11.5. The number of aryl methyl sites for hydroxylation is 1. The fourth-order valence-corrected chi connectivity index (χ4v) is 2.21. The van der Waals surface area contributed by atoms with Crippen LogP contribution in [0.2, 0.25) is 0 Å². The minimum absolute atomic E-state index is 0.0255. The molecule has 0 aliphatic heterocycles. The Morgan fingerprint density at radius 3 is 2.77 bits per heavy atom. The summed E-state index contributed by atoms with van der Waals surface area (Å²) in [6.07, 6.45) is 0. The topological polar surface area (TPSA) is 17.1 Å². The third kappa shape index (κ3) is 2.44. The van der Waals surface area contributed by atoms with Crippen LogP contribution in [0.3, 0.4) is 0 Å². The second kappa shape index (κ2) is 4.75. The van der Waals surface area contributed by atoms with Crippen molar-refractivity contribution in [1.82, 2.24) is 0 Å². The van der Waals surface area contributed by atoms with E-state index in [9.17, 15) is 4.79 Å². The maximum Gasteiger partial charge on any atom is 0.178 e. The highest BCUT2D eigenvalue weighted by Gasteiger charge is 2.12. The quantitative estimate of drug-likeness (QED) is 0.438. The lowest BCUT2D eigenvalue weighted by molar-refractivity contribution is 0.102. The van der Waals surface area contributed by atoms with E-state index in [0.717, 1.165) is 13.6 Å². The third-order valence-electron chi connectivity index (χ3n) is 1.70.